The average molecular weight is 411 g/mol. The summed E-state index contributed by atoms with van der Waals surface area (Å²) in [5.41, 5.74) is 1.45. The van der Waals surface area contributed by atoms with Crippen molar-refractivity contribution in [2.45, 2.75) is 45.4 Å². The van der Waals surface area contributed by atoms with Crippen molar-refractivity contribution in [3.05, 3.63) is 77.9 Å². The van der Waals surface area contributed by atoms with Crippen LogP contribution in [0, 0.1) is 0 Å². The normalized spacial score (nSPS) is 12.3. The maximum absolute atomic E-state index is 12.1. The minimum absolute atomic E-state index is 0.435. The Bertz CT molecular complexity index is 838. The molecule has 0 bridgehead atoms. The van der Waals surface area contributed by atoms with Gasteiger partial charge in [0.25, 0.3) is 0 Å². The van der Waals surface area contributed by atoms with E-state index in [1.165, 1.54) is 13.2 Å². The molecule has 0 aliphatic rings. The Morgan fingerprint density at radius 3 is 2.27 bits per heavy atom. The first-order valence-electron chi connectivity index (χ1n) is 9.76. The molecule has 0 fully saturated rings. The molecule has 160 valence electrons. The molecule has 0 saturated heterocycles. The van der Waals surface area contributed by atoms with Crippen LogP contribution in [-0.4, -0.2) is 30.8 Å². The van der Waals surface area contributed by atoms with Crippen molar-refractivity contribution in [3.63, 3.8) is 0 Å². The van der Waals surface area contributed by atoms with Gasteiger partial charge in [-0.15, -0.1) is 0 Å². The van der Waals surface area contributed by atoms with Gasteiger partial charge in [0.2, 0.25) is 0 Å². The van der Waals surface area contributed by atoms with Gasteiger partial charge in [-0.3, -0.25) is 0 Å². The molecule has 2 aromatic carbocycles. The molecule has 1 amide bonds. The molecular weight excluding hydrogens is 382 g/mol. The van der Waals surface area contributed by atoms with Crippen molar-refractivity contribution in [1.29, 1.82) is 0 Å². The van der Waals surface area contributed by atoms with Crippen LogP contribution in [0.2, 0.25) is 0 Å². The highest BCUT2D eigenvalue weighted by atomic mass is 16.6. The lowest BCUT2D eigenvalue weighted by atomic mass is 10.1. The van der Waals surface area contributed by atoms with Gasteiger partial charge < -0.3 is 19.5 Å². The molecule has 2 aromatic rings. The standard InChI is InChI=1S/C24H29NO5/c1-24(2,3)30-23(27)25-20(12-15-22(26)28-4)16-18-10-13-21(14-11-18)29-17-19-8-6-5-7-9-19/h5-15,20H,16-17H2,1-4H3,(H,25,27)/t20-/m0/s1. The average Bonchev–Trinajstić information content (AvgIpc) is 2.70. The zero-order valence-corrected chi connectivity index (χ0v) is 17.9. The van der Waals surface area contributed by atoms with Crippen LogP contribution < -0.4 is 10.1 Å². The Kier molecular flexibility index (Phi) is 8.47. The number of benzene rings is 2. The summed E-state index contributed by atoms with van der Waals surface area (Å²) in [6.45, 7) is 5.87. The summed E-state index contributed by atoms with van der Waals surface area (Å²) in [6.07, 6.45) is 2.81. The Labute approximate surface area is 177 Å². The summed E-state index contributed by atoms with van der Waals surface area (Å²) < 4.78 is 15.7. The van der Waals surface area contributed by atoms with Crippen LogP contribution in [0.1, 0.15) is 31.9 Å². The Hall–Kier alpha value is -3.28. The molecular formula is C24H29NO5. The number of methoxy groups -OCH3 is 1. The Morgan fingerprint density at radius 1 is 1.00 bits per heavy atom. The fourth-order valence-corrected chi connectivity index (χ4v) is 2.61. The molecule has 0 unspecified atom stereocenters. The second kappa shape index (κ2) is 11.0. The van der Waals surface area contributed by atoms with E-state index in [1.807, 2.05) is 54.6 Å². The zero-order chi connectivity index (χ0) is 22.0. The molecule has 0 saturated carbocycles. The minimum Gasteiger partial charge on any atom is -0.489 e. The summed E-state index contributed by atoms with van der Waals surface area (Å²) in [6, 6.07) is 17.1. The van der Waals surface area contributed by atoms with Crippen LogP contribution in [0.3, 0.4) is 0 Å². The fourth-order valence-electron chi connectivity index (χ4n) is 2.61. The number of nitrogens with one attached hydrogen (secondary N) is 1. The van der Waals surface area contributed by atoms with Crippen molar-refractivity contribution < 1.29 is 23.8 Å². The lowest BCUT2D eigenvalue weighted by Crippen LogP contribution is -2.39. The number of carbonyl (C=O) groups excluding carboxylic acids is 2. The molecule has 0 spiro atoms. The van der Waals surface area contributed by atoms with Gasteiger partial charge in [0.15, 0.2) is 0 Å². The first kappa shape index (κ1) is 23.0. The summed E-state index contributed by atoms with van der Waals surface area (Å²) >= 11 is 0. The first-order valence-corrected chi connectivity index (χ1v) is 9.76. The predicted molar refractivity (Wildman–Crippen MR) is 115 cm³/mol. The van der Waals surface area contributed by atoms with Crippen molar-refractivity contribution in [2.24, 2.45) is 0 Å². The molecule has 0 heterocycles. The third kappa shape index (κ3) is 8.82. The number of carbonyl (C=O) groups is 2. The molecule has 0 radical (unpaired) electrons. The van der Waals surface area contributed by atoms with Gasteiger partial charge in [-0.05, 0) is 50.5 Å². The Balaban J connectivity index is 2.00. The van der Waals surface area contributed by atoms with E-state index in [0.717, 1.165) is 16.9 Å². The topological polar surface area (TPSA) is 73.9 Å². The lowest BCUT2D eigenvalue weighted by Gasteiger charge is -2.22. The highest BCUT2D eigenvalue weighted by Gasteiger charge is 2.19. The SMILES string of the molecule is COC(=O)C=C[C@@H](Cc1ccc(OCc2ccccc2)cc1)NC(=O)OC(C)(C)C. The number of rotatable bonds is 8. The van der Waals surface area contributed by atoms with Crippen molar-refractivity contribution >= 4 is 12.1 Å². The molecule has 0 aromatic heterocycles. The van der Waals surface area contributed by atoms with Gasteiger partial charge in [-0.25, -0.2) is 9.59 Å². The first-order chi connectivity index (χ1) is 14.2. The van der Waals surface area contributed by atoms with Crippen molar-refractivity contribution in [2.75, 3.05) is 7.11 Å². The number of hydrogen-bond donors (Lipinski definition) is 1. The highest BCUT2D eigenvalue weighted by molar-refractivity contribution is 5.82. The van der Waals surface area contributed by atoms with Crippen LogP contribution in [0.5, 0.6) is 5.75 Å². The highest BCUT2D eigenvalue weighted by Crippen LogP contribution is 2.16. The van der Waals surface area contributed by atoms with Gasteiger partial charge in [-0.1, -0.05) is 48.5 Å². The van der Waals surface area contributed by atoms with Gasteiger partial charge in [0.1, 0.15) is 18.0 Å². The summed E-state index contributed by atoms with van der Waals surface area (Å²) in [4.78, 5) is 23.6. The van der Waals surface area contributed by atoms with Crippen LogP contribution >= 0.6 is 0 Å². The molecule has 2 rings (SSSR count). The van der Waals surface area contributed by atoms with Gasteiger partial charge >= 0.3 is 12.1 Å². The van der Waals surface area contributed by atoms with E-state index in [9.17, 15) is 9.59 Å². The maximum atomic E-state index is 12.1. The third-order valence-corrected chi connectivity index (χ3v) is 4.00. The van der Waals surface area contributed by atoms with E-state index in [1.54, 1.807) is 26.8 Å². The largest absolute Gasteiger partial charge is 0.489 e. The second-order valence-corrected chi connectivity index (χ2v) is 7.76. The summed E-state index contributed by atoms with van der Waals surface area (Å²) in [5, 5.41) is 2.78. The van der Waals surface area contributed by atoms with Gasteiger partial charge in [0, 0.05) is 6.08 Å². The van der Waals surface area contributed by atoms with E-state index in [2.05, 4.69) is 10.1 Å². The second-order valence-electron chi connectivity index (χ2n) is 7.76. The minimum atomic E-state index is -0.613. The third-order valence-electron chi connectivity index (χ3n) is 4.00. The predicted octanol–water partition coefficient (Wildman–Crippen LogP) is 4.43. The molecule has 0 aliphatic heterocycles. The van der Waals surface area contributed by atoms with Crippen LogP contribution in [-0.2, 0) is 27.3 Å². The monoisotopic (exact) mass is 411 g/mol. The van der Waals surface area contributed by atoms with E-state index in [4.69, 9.17) is 9.47 Å². The molecule has 0 aliphatic carbocycles. The van der Waals surface area contributed by atoms with E-state index >= 15 is 0 Å². The van der Waals surface area contributed by atoms with Crippen LogP contribution in [0.25, 0.3) is 0 Å². The molecule has 6 heteroatoms. The number of esters is 1. The molecule has 6 nitrogen and oxygen atoms in total. The Morgan fingerprint density at radius 2 is 1.67 bits per heavy atom. The smallest absolute Gasteiger partial charge is 0.408 e. The molecule has 30 heavy (non-hydrogen) atoms. The van der Waals surface area contributed by atoms with E-state index in [0.29, 0.717) is 13.0 Å². The molecule has 1 atom stereocenters. The number of amides is 1. The maximum Gasteiger partial charge on any atom is 0.408 e. The van der Waals surface area contributed by atoms with Gasteiger partial charge in [-0.2, -0.15) is 0 Å². The summed E-state index contributed by atoms with van der Waals surface area (Å²) in [7, 11) is 1.30. The van der Waals surface area contributed by atoms with E-state index < -0.39 is 23.7 Å². The van der Waals surface area contributed by atoms with Gasteiger partial charge in [0.05, 0.1) is 13.2 Å². The number of hydrogen-bond acceptors (Lipinski definition) is 5. The quantitative estimate of drug-likeness (QED) is 0.514. The van der Waals surface area contributed by atoms with Crippen LogP contribution in [0.4, 0.5) is 4.79 Å². The van der Waals surface area contributed by atoms with Crippen LogP contribution in [0.15, 0.2) is 66.7 Å². The zero-order valence-electron chi connectivity index (χ0n) is 17.9. The fraction of sp³-hybridized carbons (Fsp3) is 0.333. The molecule has 1 N–H and O–H groups in total. The lowest BCUT2D eigenvalue weighted by molar-refractivity contribution is -0.134. The number of alkyl carbamates (subject to hydrolysis) is 1. The van der Waals surface area contributed by atoms with Crippen molar-refractivity contribution in [3.8, 4) is 5.75 Å². The van der Waals surface area contributed by atoms with E-state index in [-0.39, 0.29) is 0 Å². The van der Waals surface area contributed by atoms with Crippen molar-refractivity contribution in [1.82, 2.24) is 5.32 Å². The summed E-state index contributed by atoms with van der Waals surface area (Å²) in [5.74, 6) is 0.264. The number of ether oxygens (including phenoxy) is 3.